The van der Waals surface area contributed by atoms with Crippen molar-refractivity contribution < 1.29 is 9.90 Å². The summed E-state index contributed by atoms with van der Waals surface area (Å²) >= 11 is 1.18. The Morgan fingerprint density at radius 2 is 2.00 bits per heavy atom. The van der Waals surface area contributed by atoms with Crippen molar-refractivity contribution in [2.24, 2.45) is 0 Å². The van der Waals surface area contributed by atoms with Gasteiger partial charge in [0, 0.05) is 7.05 Å². The number of hydrogen-bond acceptors (Lipinski definition) is 8. The van der Waals surface area contributed by atoms with Crippen molar-refractivity contribution in [2.75, 3.05) is 7.05 Å². The predicted molar refractivity (Wildman–Crippen MR) is 115 cm³/mol. The molecule has 1 atom stereocenters. The van der Waals surface area contributed by atoms with E-state index in [1.807, 2.05) is 31.2 Å². The van der Waals surface area contributed by atoms with Gasteiger partial charge in [-0.3, -0.25) is 14.2 Å². The summed E-state index contributed by atoms with van der Waals surface area (Å²) in [6.45, 7) is 3.93. The Balaban J connectivity index is 1.55. The van der Waals surface area contributed by atoms with Crippen LogP contribution in [0.1, 0.15) is 38.3 Å². The zero-order chi connectivity index (χ0) is 22.1. The van der Waals surface area contributed by atoms with Gasteiger partial charge in [0.1, 0.15) is 10.9 Å². The second kappa shape index (κ2) is 8.36. The number of rotatable bonds is 6. The van der Waals surface area contributed by atoms with E-state index < -0.39 is 6.10 Å². The lowest BCUT2D eigenvalue weighted by Gasteiger charge is -2.09. The number of aromatic nitrogens is 6. The number of aliphatic hydroxyl groups is 1. The highest BCUT2D eigenvalue weighted by Crippen LogP contribution is 2.26. The first kappa shape index (κ1) is 20.8. The van der Waals surface area contributed by atoms with E-state index in [2.05, 4.69) is 25.7 Å². The van der Waals surface area contributed by atoms with Gasteiger partial charge in [0.15, 0.2) is 5.82 Å². The van der Waals surface area contributed by atoms with Gasteiger partial charge in [-0.25, -0.2) is 4.98 Å². The SMILES string of the molecule is CNC(=O)c1sc2ncn(Cc3nnn(C[C@H](O)c4ccc(C)cc4)n3)c(=O)c2c1C. The van der Waals surface area contributed by atoms with Crippen molar-refractivity contribution in [1.82, 2.24) is 35.1 Å². The van der Waals surface area contributed by atoms with E-state index in [0.29, 0.717) is 26.5 Å². The van der Waals surface area contributed by atoms with Gasteiger partial charge in [-0.15, -0.1) is 21.5 Å². The maximum absolute atomic E-state index is 13.0. The molecule has 3 heterocycles. The van der Waals surface area contributed by atoms with Crippen LogP contribution in [0.4, 0.5) is 0 Å². The highest BCUT2D eigenvalue weighted by Gasteiger charge is 2.19. The molecule has 0 saturated carbocycles. The van der Waals surface area contributed by atoms with Crippen LogP contribution < -0.4 is 10.9 Å². The van der Waals surface area contributed by atoms with Crippen LogP contribution in [-0.4, -0.2) is 47.8 Å². The summed E-state index contributed by atoms with van der Waals surface area (Å²) in [7, 11) is 1.54. The van der Waals surface area contributed by atoms with Crippen LogP contribution in [0, 0.1) is 13.8 Å². The summed E-state index contributed by atoms with van der Waals surface area (Å²) in [5.74, 6) is 0.0713. The van der Waals surface area contributed by atoms with E-state index >= 15 is 0 Å². The van der Waals surface area contributed by atoms with Crippen LogP contribution in [0.5, 0.6) is 0 Å². The smallest absolute Gasteiger partial charge is 0.262 e. The molecule has 0 aliphatic heterocycles. The lowest BCUT2D eigenvalue weighted by Crippen LogP contribution is -2.22. The monoisotopic (exact) mass is 439 g/mol. The highest BCUT2D eigenvalue weighted by molar-refractivity contribution is 7.20. The van der Waals surface area contributed by atoms with Crippen LogP contribution in [0.15, 0.2) is 35.4 Å². The molecule has 0 aliphatic rings. The Bertz CT molecular complexity index is 1310. The number of hydrogen-bond donors (Lipinski definition) is 2. The van der Waals surface area contributed by atoms with Crippen LogP contribution in [0.2, 0.25) is 0 Å². The molecule has 11 heteroatoms. The Hall–Kier alpha value is -3.44. The quantitative estimate of drug-likeness (QED) is 0.462. The fraction of sp³-hybridized carbons (Fsp3) is 0.300. The lowest BCUT2D eigenvalue weighted by molar-refractivity contribution is 0.0966. The van der Waals surface area contributed by atoms with Crippen LogP contribution in [-0.2, 0) is 13.1 Å². The normalized spacial score (nSPS) is 12.3. The molecule has 4 rings (SSSR count). The van der Waals surface area contributed by atoms with E-state index in [9.17, 15) is 14.7 Å². The lowest BCUT2D eigenvalue weighted by atomic mass is 10.1. The zero-order valence-corrected chi connectivity index (χ0v) is 18.1. The molecule has 1 aromatic carbocycles. The fourth-order valence-electron chi connectivity index (χ4n) is 3.22. The maximum Gasteiger partial charge on any atom is 0.262 e. The molecule has 1 amide bonds. The molecular formula is C20H21N7O3S. The molecule has 0 bridgehead atoms. The maximum atomic E-state index is 13.0. The number of aryl methyl sites for hydroxylation is 2. The van der Waals surface area contributed by atoms with Crippen LogP contribution in [0.3, 0.4) is 0 Å². The third-order valence-electron chi connectivity index (χ3n) is 4.95. The number of nitrogens with one attached hydrogen (secondary N) is 1. The Labute approximate surface area is 181 Å². The molecule has 0 fully saturated rings. The molecule has 0 aliphatic carbocycles. The molecule has 0 saturated heterocycles. The van der Waals surface area contributed by atoms with E-state index in [-0.39, 0.29) is 24.6 Å². The standard InChI is InChI=1S/C20H21N7O3S/c1-11-4-6-13(7-5-11)14(28)8-27-24-15(23-25-27)9-26-10-22-19-16(20(26)30)12(2)17(31-19)18(29)21-3/h4-7,10,14,28H,8-9H2,1-3H3,(H,21,29)/t14-/m0/s1. The number of nitrogens with zero attached hydrogens (tertiary/aromatic N) is 6. The number of thiophene rings is 1. The van der Waals surface area contributed by atoms with Crippen molar-refractivity contribution in [3.05, 3.63) is 68.3 Å². The Morgan fingerprint density at radius 1 is 1.26 bits per heavy atom. The summed E-state index contributed by atoms with van der Waals surface area (Å²) < 4.78 is 1.38. The topological polar surface area (TPSA) is 128 Å². The highest BCUT2D eigenvalue weighted by atomic mass is 32.1. The average molecular weight is 440 g/mol. The minimum Gasteiger partial charge on any atom is -0.386 e. The molecule has 0 radical (unpaired) electrons. The van der Waals surface area contributed by atoms with Crippen molar-refractivity contribution >= 4 is 27.5 Å². The van der Waals surface area contributed by atoms with Crippen molar-refractivity contribution in [3.8, 4) is 0 Å². The number of amides is 1. The number of carbonyl (C=O) groups excluding carboxylic acids is 1. The summed E-state index contributed by atoms with van der Waals surface area (Å²) in [6.07, 6.45) is 0.635. The van der Waals surface area contributed by atoms with Gasteiger partial charge in [0.2, 0.25) is 0 Å². The molecule has 4 aromatic rings. The van der Waals surface area contributed by atoms with Gasteiger partial charge in [-0.2, -0.15) is 4.80 Å². The van der Waals surface area contributed by atoms with Crippen molar-refractivity contribution in [1.29, 1.82) is 0 Å². The molecule has 31 heavy (non-hydrogen) atoms. The molecule has 10 nitrogen and oxygen atoms in total. The third-order valence-corrected chi connectivity index (χ3v) is 6.15. The number of aliphatic hydroxyl groups excluding tert-OH is 1. The zero-order valence-electron chi connectivity index (χ0n) is 17.2. The van der Waals surface area contributed by atoms with Gasteiger partial charge >= 0.3 is 0 Å². The minimum absolute atomic E-state index is 0.0764. The summed E-state index contributed by atoms with van der Waals surface area (Å²) in [5.41, 5.74) is 2.19. The van der Waals surface area contributed by atoms with E-state index in [1.54, 1.807) is 14.0 Å². The number of carbonyl (C=O) groups is 1. The summed E-state index contributed by atoms with van der Waals surface area (Å²) in [6, 6.07) is 7.57. The summed E-state index contributed by atoms with van der Waals surface area (Å²) in [5, 5.41) is 25.6. The average Bonchev–Trinajstić information content (AvgIpc) is 3.34. The number of benzene rings is 1. The fourth-order valence-corrected chi connectivity index (χ4v) is 4.31. The predicted octanol–water partition coefficient (Wildman–Crippen LogP) is 1.20. The second-order valence-corrected chi connectivity index (χ2v) is 8.18. The molecule has 0 spiro atoms. The minimum atomic E-state index is -0.778. The Kier molecular flexibility index (Phi) is 5.61. The van der Waals surface area contributed by atoms with Gasteiger partial charge in [-0.1, -0.05) is 29.8 Å². The van der Waals surface area contributed by atoms with Crippen LogP contribution in [0.25, 0.3) is 10.2 Å². The largest absolute Gasteiger partial charge is 0.386 e. The van der Waals surface area contributed by atoms with Crippen LogP contribution >= 0.6 is 11.3 Å². The first-order valence-electron chi connectivity index (χ1n) is 9.59. The first-order valence-corrected chi connectivity index (χ1v) is 10.4. The van der Waals surface area contributed by atoms with Crippen molar-refractivity contribution in [3.63, 3.8) is 0 Å². The number of tetrazole rings is 1. The molecular weight excluding hydrogens is 418 g/mol. The Morgan fingerprint density at radius 3 is 2.71 bits per heavy atom. The van der Waals surface area contributed by atoms with E-state index in [1.165, 1.54) is 27.0 Å². The van der Waals surface area contributed by atoms with E-state index in [0.717, 1.165) is 11.1 Å². The molecule has 160 valence electrons. The van der Waals surface area contributed by atoms with Gasteiger partial charge < -0.3 is 10.4 Å². The molecule has 0 unspecified atom stereocenters. The van der Waals surface area contributed by atoms with E-state index in [4.69, 9.17) is 0 Å². The summed E-state index contributed by atoms with van der Waals surface area (Å²) in [4.78, 5) is 31.6. The first-order chi connectivity index (χ1) is 14.9. The third kappa shape index (κ3) is 4.09. The molecule has 3 aromatic heterocycles. The van der Waals surface area contributed by atoms with Gasteiger partial charge in [0.05, 0.1) is 29.7 Å². The van der Waals surface area contributed by atoms with Gasteiger partial charge in [0.25, 0.3) is 11.5 Å². The second-order valence-electron chi connectivity index (χ2n) is 7.18. The molecule has 2 N–H and O–H groups in total. The van der Waals surface area contributed by atoms with Gasteiger partial charge in [-0.05, 0) is 30.2 Å². The van der Waals surface area contributed by atoms with Crippen molar-refractivity contribution in [2.45, 2.75) is 33.0 Å². The number of fused-ring (bicyclic) bond motifs is 1.